The lowest BCUT2D eigenvalue weighted by molar-refractivity contribution is -0.150. The molecule has 2 N–H and O–H groups in total. The van der Waals surface area contributed by atoms with Crippen molar-refractivity contribution < 1.29 is 19.5 Å². The van der Waals surface area contributed by atoms with Gasteiger partial charge >= 0.3 is 5.97 Å². The van der Waals surface area contributed by atoms with E-state index in [1.165, 1.54) is 51.1 Å². The molecule has 2 atom stereocenters. The topological polar surface area (TPSA) is 112 Å². The van der Waals surface area contributed by atoms with Crippen LogP contribution < -0.4 is 5.32 Å². The van der Waals surface area contributed by atoms with Gasteiger partial charge in [0.1, 0.15) is 22.1 Å². The minimum absolute atomic E-state index is 0.0243. The van der Waals surface area contributed by atoms with E-state index < -0.39 is 17.4 Å². The third-order valence-corrected chi connectivity index (χ3v) is 8.63. The Hall–Kier alpha value is -1.89. The van der Waals surface area contributed by atoms with Crippen molar-refractivity contribution in [1.82, 2.24) is 20.4 Å². The molecule has 2 aliphatic heterocycles. The highest BCUT2D eigenvalue weighted by Crippen LogP contribution is 2.41. The predicted octanol–water partition coefficient (Wildman–Crippen LogP) is 1.98. The van der Waals surface area contributed by atoms with Gasteiger partial charge in [-0.05, 0) is 23.9 Å². The maximum atomic E-state index is 12.6. The summed E-state index contributed by atoms with van der Waals surface area (Å²) in [5, 5.41) is 22.8. The summed E-state index contributed by atoms with van der Waals surface area (Å²) in [6.07, 6.45) is 0.212. The quantitative estimate of drug-likeness (QED) is 0.469. The van der Waals surface area contributed by atoms with E-state index in [0.29, 0.717) is 17.1 Å². The van der Waals surface area contributed by atoms with E-state index in [-0.39, 0.29) is 23.9 Å². The molecule has 2 aromatic rings. The first-order valence-electron chi connectivity index (χ1n) is 8.58. The van der Waals surface area contributed by atoms with Gasteiger partial charge in [-0.15, -0.1) is 33.3 Å². The summed E-state index contributed by atoms with van der Waals surface area (Å²) >= 11 is 5.81. The number of fused-ring (bicyclic) bond motifs is 1. The van der Waals surface area contributed by atoms with Crippen LogP contribution in [0.15, 0.2) is 33.1 Å². The molecule has 0 aliphatic carbocycles. The van der Waals surface area contributed by atoms with Crippen LogP contribution in [0.3, 0.4) is 0 Å². The lowest BCUT2D eigenvalue weighted by Gasteiger charge is -2.49. The fraction of sp³-hybridized carbons (Fsp3) is 0.353. The summed E-state index contributed by atoms with van der Waals surface area (Å²) in [5.74, 6) is -0.836. The van der Waals surface area contributed by atoms with E-state index in [9.17, 15) is 19.5 Å². The maximum Gasteiger partial charge on any atom is 0.352 e. The number of carbonyl (C=O) groups excluding carboxylic acids is 2. The molecule has 0 bridgehead atoms. The van der Waals surface area contributed by atoms with Gasteiger partial charge in [-0.2, -0.15) is 0 Å². The molecule has 0 radical (unpaired) electrons. The highest BCUT2D eigenvalue weighted by atomic mass is 32.2. The minimum atomic E-state index is -1.13. The average Bonchev–Trinajstić information content (AvgIpc) is 3.35. The van der Waals surface area contributed by atoms with Gasteiger partial charge in [-0.1, -0.05) is 29.2 Å². The number of nitrogens with zero attached hydrogens (tertiary/aromatic N) is 3. The fourth-order valence-electron chi connectivity index (χ4n) is 3.08. The second-order valence-corrected chi connectivity index (χ2v) is 10.9. The van der Waals surface area contributed by atoms with Crippen LogP contribution in [0.25, 0.3) is 0 Å². The first-order valence-corrected chi connectivity index (χ1v) is 12.3. The molecule has 2 aromatic heterocycles. The van der Waals surface area contributed by atoms with E-state index in [0.717, 1.165) is 14.2 Å². The number of thiophene rings is 1. The number of thioether (sulfide) groups is 2. The summed E-state index contributed by atoms with van der Waals surface area (Å²) in [6, 6.07) is 3.04. The Morgan fingerprint density at radius 1 is 1.41 bits per heavy atom. The SMILES string of the molecule is Cc1nnc(SCC2=C(C(=O)O)N3C(=O)C(NC(=O)Cc4cccs4)[C@@H]3SC2)s1. The lowest BCUT2D eigenvalue weighted by Crippen LogP contribution is -2.70. The molecule has 0 aromatic carbocycles. The average molecular weight is 469 g/mol. The molecule has 0 saturated carbocycles. The molecule has 1 unspecified atom stereocenters. The molecule has 1 fully saturated rings. The summed E-state index contributed by atoms with van der Waals surface area (Å²) in [4.78, 5) is 39.0. The summed E-state index contributed by atoms with van der Waals surface area (Å²) in [5.41, 5.74) is 0.699. The number of amides is 2. The normalized spacial score (nSPS) is 21.0. The Kier molecular flexibility index (Phi) is 5.95. The van der Waals surface area contributed by atoms with Crippen LogP contribution in [0, 0.1) is 6.92 Å². The third-order valence-electron chi connectivity index (χ3n) is 4.36. The van der Waals surface area contributed by atoms with E-state index in [1.807, 2.05) is 24.4 Å². The van der Waals surface area contributed by atoms with Gasteiger partial charge in [-0.3, -0.25) is 14.5 Å². The molecule has 8 nitrogen and oxygen atoms in total. The number of carboxylic acids is 1. The number of nitrogens with one attached hydrogen (secondary N) is 1. The largest absolute Gasteiger partial charge is 0.477 e. The molecule has 29 heavy (non-hydrogen) atoms. The molecule has 1 saturated heterocycles. The highest BCUT2D eigenvalue weighted by molar-refractivity contribution is 8.01. The van der Waals surface area contributed by atoms with Crippen molar-refractivity contribution in [2.24, 2.45) is 0 Å². The molecular weight excluding hydrogens is 452 g/mol. The molecule has 12 heteroatoms. The fourth-order valence-corrected chi connectivity index (χ4v) is 7.08. The van der Waals surface area contributed by atoms with Crippen LogP contribution in [0.4, 0.5) is 0 Å². The van der Waals surface area contributed by atoms with Crippen molar-refractivity contribution in [3.05, 3.63) is 38.7 Å². The van der Waals surface area contributed by atoms with Crippen LogP contribution in [-0.4, -0.2) is 60.9 Å². The molecular formula is C17H16N4O4S4. The smallest absolute Gasteiger partial charge is 0.352 e. The minimum Gasteiger partial charge on any atom is -0.477 e. The highest BCUT2D eigenvalue weighted by Gasteiger charge is 2.54. The number of aryl methyl sites for hydroxylation is 1. The van der Waals surface area contributed by atoms with Crippen molar-refractivity contribution >= 4 is 64.0 Å². The zero-order valence-corrected chi connectivity index (χ0v) is 18.4. The Balaban J connectivity index is 1.44. The molecule has 2 aliphatic rings. The number of hydrogen-bond donors (Lipinski definition) is 2. The van der Waals surface area contributed by atoms with E-state index in [1.54, 1.807) is 0 Å². The standard InChI is InChI=1S/C17H16N4O4S4/c1-8-19-20-17(29-8)28-7-9-6-27-15-12(14(23)21(15)13(9)16(24)25)18-11(22)5-10-3-2-4-26-10/h2-4,12,15H,5-7H2,1H3,(H,18,22)(H,24,25)/t12?,15-/m0/s1. The second-order valence-electron chi connectivity index (χ2n) is 6.34. The van der Waals surface area contributed by atoms with Gasteiger partial charge in [-0.25, -0.2) is 4.79 Å². The molecule has 4 rings (SSSR count). The Morgan fingerprint density at radius 3 is 2.90 bits per heavy atom. The summed E-state index contributed by atoms with van der Waals surface area (Å²) in [6.45, 7) is 1.86. The Bertz CT molecular complexity index is 987. The number of carbonyl (C=O) groups is 3. The lowest BCUT2D eigenvalue weighted by atomic mass is 10.0. The van der Waals surface area contributed by atoms with Crippen molar-refractivity contribution in [3.63, 3.8) is 0 Å². The van der Waals surface area contributed by atoms with Gasteiger partial charge in [0, 0.05) is 16.4 Å². The molecule has 4 heterocycles. The van der Waals surface area contributed by atoms with Crippen LogP contribution in [0.1, 0.15) is 9.88 Å². The zero-order valence-electron chi connectivity index (χ0n) is 15.2. The number of rotatable bonds is 7. The van der Waals surface area contributed by atoms with Crippen molar-refractivity contribution in [3.8, 4) is 0 Å². The van der Waals surface area contributed by atoms with Gasteiger partial charge in [0.2, 0.25) is 5.91 Å². The van der Waals surface area contributed by atoms with E-state index >= 15 is 0 Å². The number of aliphatic carboxylic acids is 1. The van der Waals surface area contributed by atoms with Crippen LogP contribution in [0.5, 0.6) is 0 Å². The van der Waals surface area contributed by atoms with E-state index in [2.05, 4.69) is 15.5 Å². The Labute approximate surface area is 182 Å². The number of β-lactam (4-membered cyclic amide) rings is 1. The van der Waals surface area contributed by atoms with Gasteiger partial charge < -0.3 is 10.4 Å². The summed E-state index contributed by atoms with van der Waals surface area (Å²) < 4.78 is 0.764. The van der Waals surface area contributed by atoms with Crippen molar-refractivity contribution in [2.45, 2.75) is 29.1 Å². The second kappa shape index (κ2) is 8.46. The van der Waals surface area contributed by atoms with Crippen molar-refractivity contribution in [1.29, 1.82) is 0 Å². The third kappa shape index (κ3) is 4.20. The summed E-state index contributed by atoms with van der Waals surface area (Å²) in [7, 11) is 0. The number of carboxylic acid groups (broad SMARTS) is 1. The first-order chi connectivity index (χ1) is 13.9. The zero-order chi connectivity index (χ0) is 20.5. The molecule has 2 amide bonds. The van der Waals surface area contributed by atoms with Crippen LogP contribution >= 0.6 is 46.2 Å². The van der Waals surface area contributed by atoms with Crippen LogP contribution in [0.2, 0.25) is 0 Å². The van der Waals surface area contributed by atoms with Gasteiger partial charge in [0.05, 0.1) is 6.42 Å². The van der Waals surface area contributed by atoms with Crippen molar-refractivity contribution in [2.75, 3.05) is 11.5 Å². The maximum absolute atomic E-state index is 12.6. The van der Waals surface area contributed by atoms with Gasteiger partial charge in [0.15, 0.2) is 4.34 Å². The van der Waals surface area contributed by atoms with E-state index in [4.69, 9.17) is 0 Å². The monoisotopic (exact) mass is 468 g/mol. The molecule has 152 valence electrons. The number of aromatic nitrogens is 2. The molecule has 0 spiro atoms. The Morgan fingerprint density at radius 2 is 2.24 bits per heavy atom. The predicted molar refractivity (Wildman–Crippen MR) is 113 cm³/mol. The van der Waals surface area contributed by atoms with Crippen LogP contribution in [-0.2, 0) is 20.8 Å². The van der Waals surface area contributed by atoms with Gasteiger partial charge in [0.25, 0.3) is 5.91 Å². The number of hydrogen-bond acceptors (Lipinski definition) is 9. The first kappa shape index (κ1) is 20.4.